The first-order valence-corrected chi connectivity index (χ1v) is 9.01. The van der Waals surface area contributed by atoms with Gasteiger partial charge in [-0.1, -0.05) is 30.2 Å². The van der Waals surface area contributed by atoms with Gasteiger partial charge in [0.2, 0.25) is 5.91 Å². The molecule has 0 aromatic heterocycles. The van der Waals surface area contributed by atoms with Gasteiger partial charge in [-0.3, -0.25) is 4.79 Å². The summed E-state index contributed by atoms with van der Waals surface area (Å²) in [5, 5.41) is 6.77. The highest BCUT2D eigenvalue weighted by atomic mass is 35.5. The van der Waals surface area contributed by atoms with E-state index in [0.717, 1.165) is 30.7 Å². The quantitative estimate of drug-likeness (QED) is 0.780. The first-order valence-electron chi connectivity index (χ1n) is 8.63. The molecule has 2 saturated carbocycles. The Labute approximate surface area is 147 Å². The monoisotopic (exact) mass is 349 g/mol. The SMILES string of the molecule is NC(=O)C1CC(NC(=O)NC2CCCC(c3cccc(Cl)c3)C2)C1. The summed E-state index contributed by atoms with van der Waals surface area (Å²) in [4.78, 5) is 23.1. The standard InChI is InChI=1S/C18H24ClN3O2/c19-14-5-1-3-11(7-14)12-4-2-6-15(8-12)21-18(24)22-16-9-13(10-16)17(20)23/h1,3,5,7,12-13,15-16H,2,4,6,8-10H2,(H2,20,23)(H2,21,22,24). The van der Waals surface area contributed by atoms with E-state index in [9.17, 15) is 9.59 Å². The Morgan fingerprint density at radius 1 is 1.08 bits per heavy atom. The number of urea groups is 1. The summed E-state index contributed by atoms with van der Waals surface area (Å²) in [5.41, 5.74) is 6.49. The van der Waals surface area contributed by atoms with Crippen LogP contribution in [-0.2, 0) is 4.79 Å². The Morgan fingerprint density at radius 2 is 1.83 bits per heavy atom. The molecule has 4 N–H and O–H groups in total. The lowest BCUT2D eigenvalue weighted by atomic mass is 9.80. The van der Waals surface area contributed by atoms with Crippen molar-refractivity contribution < 1.29 is 9.59 Å². The third kappa shape index (κ3) is 4.20. The lowest BCUT2D eigenvalue weighted by Crippen LogP contribution is -2.53. The minimum Gasteiger partial charge on any atom is -0.369 e. The van der Waals surface area contributed by atoms with Crippen LogP contribution >= 0.6 is 11.6 Å². The molecule has 3 amide bonds. The Bertz CT molecular complexity index is 616. The second-order valence-corrected chi connectivity index (χ2v) is 7.44. The molecule has 0 spiro atoms. The van der Waals surface area contributed by atoms with Gasteiger partial charge in [-0.15, -0.1) is 0 Å². The van der Waals surface area contributed by atoms with Crippen LogP contribution < -0.4 is 16.4 Å². The van der Waals surface area contributed by atoms with Crippen molar-refractivity contribution in [1.29, 1.82) is 0 Å². The number of hydrogen-bond acceptors (Lipinski definition) is 2. The minimum atomic E-state index is -0.273. The van der Waals surface area contributed by atoms with Gasteiger partial charge in [-0.2, -0.15) is 0 Å². The van der Waals surface area contributed by atoms with Crippen molar-refractivity contribution >= 4 is 23.5 Å². The van der Waals surface area contributed by atoms with E-state index in [2.05, 4.69) is 16.7 Å². The lowest BCUT2D eigenvalue weighted by Gasteiger charge is -2.35. The number of benzene rings is 1. The van der Waals surface area contributed by atoms with Crippen molar-refractivity contribution in [3.8, 4) is 0 Å². The van der Waals surface area contributed by atoms with Gasteiger partial charge in [0.05, 0.1) is 0 Å². The second kappa shape index (κ2) is 7.43. The molecule has 0 radical (unpaired) electrons. The van der Waals surface area contributed by atoms with Crippen LogP contribution in [0.1, 0.15) is 50.0 Å². The number of rotatable bonds is 4. The maximum absolute atomic E-state index is 12.1. The van der Waals surface area contributed by atoms with Crippen LogP contribution in [0.25, 0.3) is 0 Å². The van der Waals surface area contributed by atoms with E-state index >= 15 is 0 Å². The van der Waals surface area contributed by atoms with Crippen molar-refractivity contribution in [3.63, 3.8) is 0 Å². The van der Waals surface area contributed by atoms with Crippen LogP contribution in [0.2, 0.25) is 5.02 Å². The number of carbonyl (C=O) groups is 2. The van der Waals surface area contributed by atoms with Crippen LogP contribution in [-0.4, -0.2) is 24.0 Å². The molecular formula is C18H24ClN3O2. The molecule has 0 saturated heterocycles. The van der Waals surface area contributed by atoms with E-state index in [1.165, 1.54) is 5.56 Å². The molecule has 0 heterocycles. The van der Waals surface area contributed by atoms with Gasteiger partial charge in [0.15, 0.2) is 0 Å². The predicted octanol–water partition coefficient (Wildman–Crippen LogP) is 2.93. The van der Waals surface area contributed by atoms with Gasteiger partial charge < -0.3 is 16.4 Å². The lowest BCUT2D eigenvalue weighted by molar-refractivity contribution is -0.124. The van der Waals surface area contributed by atoms with E-state index in [1.807, 2.05) is 18.2 Å². The maximum Gasteiger partial charge on any atom is 0.315 e. The summed E-state index contributed by atoms with van der Waals surface area (Å²) < 4.78 is 0. The largest absolute Gasteiger partial charge is 0.369 e. The molecule has 1 aromatic rings. The molecule has 0 bridgehead atoms. The summed E-state index contributed by atoms with van der Waals surface area (Å²) in [6, 6.07) is 8.09. The van der Waals surface area contributed by atoms with Crippen LogP contribution in [0.4, 0.5) is 4.79 Å². The average molecular weight is 350 g/mol. The van der Waals surface area contributed by atoms with Gasteiger partial charge in [0.1, 0.15) is 0 Å². The molecule has 2 aliphatic carbocycles. The van der Waals surface area contributed by atoms with Gasteiger partial charge >= 0.3 is 6.03 Å². The third-order valence-electron chi connectivity index (χ3n) is 5.21. The van der Waals surface area contributed by atoms with Crippen molar-refractivity contribution in [3.05, 3.63) is 34.9 Å². The maximum atomic E-state index is 12.1. The number of amides is 3. The Kier molecular flexibility index (Phi) is 5.29. The smallest absolute Gasteiger partial charge is 0.315 e. The number of nitrogens with one attached hydrogen (secondary N) is 2. The van der Waals surface area contributed by atoms with Gasteiger partial charge in [0.25, 0.3) is 0 Å². The van der Waals surface area contributed by atoms with E-state index < -0.39 is 0 Å². The Balaban J connectivity index is 1.47. The first kappa shape index (κ1) is 17.1. The first-order chi connectivity index (χ1) is 11.5. The highest BCUT2D eigenvalue weighted by Gasteiger charge is 2.34. The third-order valence-corrected chi connectivity index (χ3v) is 5.44. The second-order valence-electron chi connectivity index (χ2n) is 7.00. The molecule has 0 aliphatic heterocycles. The number of primary amides is 1. The topological polar surface area (TPSA) is 84.2 Å². The zero-order chi connectivity index (χ0) is 17.1. The molecule has 5 nitrogen and oxygen atoms in total. The molecule has 2 fully saturated rings. The van der Waals surface area contributed by atoms with Crippen LogP contribution in [0.5, 0.6) is 0 Å². The molecule has 2 unspecified atom stereocenters. The van der Waals surface area contributed by atoms with E-state index in [4.69, 9.17) is 17.3 Å². The number of nitrogens with two attached hydrogens (primary N) is 1. The molecular weight excluding hydrogens is 326 g/mol. The molecule has 1 aromatic carbocycles. The van der Waals surface area contributed by atoms with Crippen molar-refractivity contribution in [2.24, 2.45) is 11.7 Å². The van der Waals surface area contributed by atoms with Crippen LogP contribution in [0.3, 0.4) is 0 Å². The summed E-state index contributed by atoms with van der Waals surface area (Å²) in [7, 11) is 0. The number of halogens is 1. The molecule has 2 aliphatic rings. The molecule has 3 rings (SSSR count). The summed E-state index contributed by atoms with van der Waals surface area (Å²) in [6.07, 6.45) is 5.46. The fraction of sp³-hybridized carbons (Fsp3) is 0.556. The highest BCUT2D eigenvalue weighted by Crippen LogP contribution is 2.34. The van der Waals surface area contributed by atoms with E-state index in [1.54, 1.807) is 0 Å². The van der Waals surface area contributed by atoms with Crippen molar-refractivity contribution in [2.75, 3.05) is 0 Å². The van der Waals surface area contributed by atoms with Crippen molar-refractivity contribution in [2.45, 2.75) is 56.5 Å². The zero-order valence-corrected chi connectivity index (χ0v) is 14.4. The average Bonchev–Trinajstić information content (AvgIpc) is 2.50. The number of carbonyl (C=O) groups excluding carboxylic acids is 2. The Morgan fingerprint density at radius 3 is 2.54 bits per heavy atom. The summed E-state index contributed by atoms with van der Waals surface area (Å²) in [6.45, 7) is 0. The van der Waals surface area contributed by atoms with Gasteiger partial charge in [-0.25, -0.2) is 4.79 Å². The van der Waals surface area contributed by atoms with Crippen LogP contribution in [0, 0.1) is 5.92 Å². The highest BCUT2D eigenvalue weighted by molar-refractivity contribution is 6.30. The van der Waals surface area contributed by atoms with Gasteiger partial charge in [-0.05, 0) is 55.7 Å². The zero-order valence-electron chi connectivity index (χ0n) is 13.6. The fourth-order valence-corrected chi connectivity index (χ4v) is 3.96. The molecule has 6 heteroatoms. The number of hydrogen-bond donors (Lipinski definition) is 3. The molecule has 2 atom stereocenters. The van der Waals surface area contributed by atoms with Crippen LogP contribution in [0.15, 0.2) is 24.3 Å². The Hall–Kier alpha value is -1.75. The minimum absolute atomic E-state index is 0.0646. The fourth-order valence-electron chi connectivity index (χ4n) is 3.76. The van der Waals surface area contributed by atoms with Crippen molar-refractivity contribution in [1.82, 2.24) is 10.6 Å². The summed E-state index contributed by atoms with van der Waals surface area (Å²) in [5.74, 6) is 0.0768. The predicted molar refractivity (Wildman–Crippen MR) is 93.8 cm³/mol. The van der Waals surface area contributed by atoms with Gasteiger partial charge in [0, 0.05) is 23.0 Å². The van der Waals surface area contributed by atoms with E-state index in [-0.39, 0.29) is 29.9 Å². The van der Waals surface area contributed by atoms with E-state index in [0.29, 0.717) is 18.8 Å². The molecule has 130 valence electrons. The summed E-state index contributed by atoms with van der Waals surface area (Å²) >= 11 is 6.09. The molecule has 24 heavy (non-hydrogen) atoms. The normalized spacial score (nSPS) is 29.4.